The quantitative estimate of drug-likeness (QED) is 0.723. The molecule has 3 heterocycles. The van der Waals surface area contributed by atoms with Gasteiger partial charge in [0.05, 0.1) is 25.7 Å². The molecule has 3 atom stereocenters. The van der Waals surface area contributed by atoms with Crippen LogP contribution in [-0.2, 0) is 4.74 Å². The van der Waals surface area contributed by atoms with Crippen molar-refractivity contribution in [3.05, 3.63) is 12.0 Å². The zero-order chi connectivity index (χ0) is 14.4. The van der Waals surface area contributed by atoms with Crippen LogP contribution in [0.5, 0.6) is 0 Å². The first-order valence-corrected chi connectivity index (χ1v) is 6.50. The van der Waals surface area contributed by atoms with Gasteiger partial charge < -0.3 is 24.7 Å². The highest BCUT2D eigenvalue weighted by molar-refractivity contribution is 5.98. The van der Waals surface area contributed by atoms with Crippen LogP contribution >= 0.6 is 0 Å². The Balaban J connectivity index is 1.94. The number of aliphatic hydroxyl groups is 2. The van der Waals surface area contributed by atoms with Gasteiger partial charge in [0, 0.05) is 20.5 Å². The summed E-state index contributed by atoms with van der Waals surface area (Å²) in [5, 5.41) is 19.0. The number of hydrogen-bond acceptors (Lipinski definition) is 6. The predicted molar refractivity (Wildman–Crippen MR) is 69.2 cm³/mol. The van der Waals surface area contributed by atoms with Crippen molar-refractivity contribution in [2.45, 2.75) is 24.9 Å². The summed E-state index contributed by atoms with van der Waals surface area (Å²) in [6.07, 6.45) is 0.194. The monoisotopic (exact) mass is 282 g/mol. The zero-order valence-electron chi connectivity index (χ0n) is 11.4. The molecular formula is C12H18N4O4. The Morgan fingerprint density at radius 2 is 2.20 bits per heavy atom. The Bertz CT molecular complexity index is 532. The number of aliphatic hydroxyl groups excluding tert-OH is 2. The molecule has 1 saturated heterocycles. The van der Waals surface area contributed by atoms with E-state index in [1.807, 2.05) is 11.9 Å². The van der Waals surface area contributed by atoms with Gasteiger partial charge in [-0.2, -0.15) is 0 Å². The van der Waals surface area contributed by atoms with Crippen molar-refractivity contribution in [3.8, 4) is 0 Å². The van der Waals surface area contributed by atoms with Crippen molar-refractivity contribution >= 4 is 11.7 Å². The summed E-state index contributed by atoms with van der Waals surface area (Å²) in [7, 11) is 3.59. The molecule has 8 nitrogen and oxygen atoms in total. The number of anilines is 1. The minimum atomic E-state index is -0.713. The molecule has 1 fully saturated rings. The van der Waals surface area contributed by atoms with Crippen molar-refractivity contribution in [1.29, 1.82) is 0 Å². The van der Waals surface area contributed by atoms with Gasteiger partial charge in [-0.15, -0.1) is 0 Å². The summed E-state index contributed by atoms with van der Waals surface area (Å²) < 4.78 is 7.36. The molecular weight excluding hydrogens is 264 g/mol. The maximum atomic E-state index is 12.1. The number of nitrogens with zero attached hydrogens (tertiary/aromatic N) is 4. The number of fused-ring (bicyclic) bond motifs is 1. The van der Waals surface area contributed by atoms with E-state index in [0.29, 0.717) is 24.6 Å². The number of rotatable bonds is 2. The maximum Gasteiger partial charge on any atom is 0.277 e. The Hall–Kier alpha value is -1.64. The second-order valence-corrected chi connectivity index (χ2v) is 5.28. The van der Waals surface area contributed by atoms with Crippen LogP contribution in [0.2, 0.25) is 0 Å². The normalized spacial score (nSPS) is 30.0. The van der Waals surface area contributed by atoms with Crippen LogP contribution in [-0.4, -0.2) is 70.2 Å². The van der Waals surface area contributed by atoms with E-state index >= 15 is 0 Å². The van der Waals surface area contributed by atoms with Crippen molar-refractivity contribution in [2.24, 2.45) is 0 Å². The van der Waals surface area contributed by atoms with Gasteiger partial charge in [0.25, 0.3) is 5.91 Å². The molecule has 0 aromatic carbocycles. The highest BCUT2D eigenvalue weighted by Crippen LogP contribution is 2.34. The summed E-state index contributed by atoms with van der Waals surface area (Å²) in [5.74, 6) is 0.554. The van der Waals surface area contributed by atoms with Crippen molar-refractivity contribution < 1.29 is 19.7 Å². The lowest BCUT2D eigenvalue weighted by molar-refractivity contribution is -0.0440. The maximum absolute atomic E-state index is 12.1. The van der Waals surface area contributed by atoms with Crippen LogP contribution in [0.3, 0.4) is 0 Å². The Kier molecular flexibility index (Phi) is 3.15. The third-order valence-corrected chi connectivity index (χ3v) is 3.80. The number of imidazole rings is 1. The van der Waals surface area contributed by atoms with E-state index in [1.165, 1.54) is 0 Å². The van der Waals surface area contributed by atoms with E-state index in [9.17, 15) is 9.90 Å². The van der Waals surface area contributed by atoms with E-state index in [1.54, 1.807) is 22.8 Å². The van der Waals surface area contributed by atoms with Gasteiger partial charge in [0.1, 0.15) is 18.1 Å². The van der Waals surface area contributed by atoms with Crippen molar-refractivity contribution in [1.82, 2.24) is 14.5 Å². The van der Waals surface area contributed by atoms with Gasteiger partial charge in [-0.1, -0.05) is 0 Å². The number of hydrogen-bond donors (Lipinski definition) is 2. The summed E-state index contributed by atoms with van der Waals surface area (Å²) >= 11 is 0. The molecule has 110 valence electrons. The lowest BCUT2D eigenvalue weighted by atomic mass is 10.2. The van der Waals surface area contributed by atoms with Crippen LogP contribution in [0, 0.1) is 0 Å². The summed E-state index contributed by atoms with van der Waals surface area (Å²) in [6, 6.07) is 0. The molecule has 2 N–H and O–H groups in total. The number of carbonyl (C=O) groups excluding carboxylic acids is 1. The third-order valence-electron chi connectivity index (χ3n) is 3.80. The average molecular weight is 282 g/mol. The smallest absolute Gasteiger partial charge is 0.277 e. The highest BCUT2D eigenvalue weighted by Gasteiger charge is 2.38. The lowest BCUT2D eigenvalue weighted by Crippen LogP contribution is -2.43. The number of amides is 1. The summed E-state index contributed by atoms with van der Waals surface area (Å²) in [4.78, 5) is 19.7. The topological polar surface area (TPSA) is 91.1 Å². The largest absolute Gasteiger partial charge is 0.394 e. The van der Waals surface area contributed by atoms with Gasteiger partial charge in [0.15, 0.2) is 5.69 Å². The SMILES string of the molecule is CN1CN(C)c2c(ncn2[C@H]2C[C@H](O)[C@@H](CO)O2)C1=O. The van der Waals surface area contributed by atoms with E-state index in [2.05, 4.69) is 4.98 Å². The first kappa shape index (κ1) is 13.3. The molecule has 3 rings (SSSR count). The van der Waals surface area contributed by atoms with Gasteiger partial charge in [-0.05, 0) is 0 Å². The molecule has 8 heteroatoms. The number of carbonyl (C=O) groups is 1. The average Bonchev–Trinajstić information content (AvgIpc) is 2.99. The fourth-order valence-electron chi connectivity index (χ4n) is 2.77. The molecule has 20 heavy (non-hydrogen) atoms. The van der Waals surface area contributed by atoms with Crippen molar-refractivity contribution in [3.63, 3.8) is 0 Å². The minimum absolute atomic E-state index is 0.130. The van der Waals surface area contributed by atoms with Gasteiger partial charge in [-0.25, -0.2) is 4.98 Å². The van der Waals surface area contributed by atoms with Gasteiger partial charge in [0.2, 0.25) is 0 Å². The van der Waals surface area contributed by atoms with Crippen LogP contribution in [0.15, 0.2) is 6.33 Å². The second-order valence-electron chi connectivity index (χ2n) is 5.28. The predicted octanol–water partition coefficient (Wildman–Crippen LogP) is -0.997. The lowest BCUT2D eigenvalue weighted by Gasteiger charge is -2.32. The van der Waals surface area contributed by atoms with Crippen LogP contribution in [0.4, 0.5) is 5.82 Å². The fraction of sp³-hybridized carbons (Fsp3) is 0.667. The zero-order valence-corrected chi connectivity index (χ0v) is 11.4. The molecule has 0 unspecified atom stereocenters. The third kappa shape index (κ3) is 1.88. The first-order chi connectivity index (χ1) is 9.52. The highest BCUT2D eigenvalue weighted by atomic mass is 16.5. The number of aromatic nitrogens is 2. The standard InChI is InChI=1S/C12H18N4O4/c1-14-6-15(2)12(19)10-11(14)16(5-13-10)9-3-7(18)8(4-17)20-9/h5,7-9,17-18H,3-4,6H2,1-2H3/t7-,8+,9+/m0/s1. The first-order valence-electron chi connectivity index (χ1n) is 6.50. The fourth-order valence-corrected chi connectivity index (χ4v) is 2.77. The molecule has 1 aromatic heterocycles. The van der Waals surface area contributed by atoms with E-state index in [-0.39, 0.29) is 12.5 Å². The van der Waals surface area contributed by atoms with Gasteiger partial charge in [-0.3, -0.25) is 9.36 Å². The summed E-state index contributed by atoms with van der Waals surface area (Å²) in [5.41, 5.74) is 0.381. The Morgan fingerprint density at radius 1 is 1.45 bits per heavy atom. The second kappa shape index (κ2) is 4.72. The van der Waals surface area contributed by atoms with Crippen LogP contribution in [0.25, 0.3) is 0 Å². The molecule has 0 spiro atoms. The number of ether oxygens (including phenoxy) is 1. The molecule has 0 aliphatic carbocycles. The van der Waals surface area contributed by atoms with Crippen molar-refractivity contribution in [2.75, 3.05) is 32.3 Å². The van der Waals surface area contributed by atoms with Gasteiger partial charge >= 0.3 is 0 Å². The minimum Gasteiger partial charge on any atom is -0.394 e. The molecule has 1 aromatic rings. The molecule has 0 radical (unpaired) electrons. The molecule has 0 saturated carbocycles. The molecule has 2 aliphatic heterocycles. The van der Waals surface area contributed by atoms with Crippen LogP contribution < -0.4 is 4.90 Å². The van der Waals surface area contributed by atoms with E-state index < -0.39 is 18.4 Å². The Labute approximate surface area is 116 Å². The Morgan fingerprint density at radius 3 is 2.85 bits per heavy atom. The molecule has 0 bridgehead atoms. The van der Waals surface area contributed by atoms with E-state index in [0.717, 1.165) is 0 Å². The van der Waals surface area contributed by atoms with Crippen LogP contribution in [0.1, 0.15) is 23.1 Å². The molecule has 1 amide bonds. The summed E-state index contributed by atoms with van der Waals surface area (Å²) in [6.45, 7) is 0.238. The van der Waals surface area contributed by atoms with E-state index in [4.69, 9.17) is 9.84 Å². The molecule has 2 aliphatic rings.